The molecule has 4 rings (SSSR count). The summed E-state index contributed by atoms with van der Waals surface area (Å²) in [6.45, 7) is 0.480. The topological polar surface area (TPSA) is 77.1 Å². The highest BCUT2D eigenvalue weighted by atomic mass is 19.4. The van der Waals surface area contributed by atoms with Gasteiger partial charge in [0.25, 0.3) is 5.91 Å². The number of fused-ring (bicyclic) bond motifs is 1. The number of nitrogens with one attached hydrogen (secondary N) is 1. The smallest absolute Gasteiger partial charge is 0.318 e. The number of carbonyl (C=O) groups excluding carboxylic acids is 1. The van der Waals surface area contributed by atoms with Gasteiger partial charge < -0.3 is 5.32 Å². The number of aryl methyl sites for hydroxylation is 1. The molecule has 0 saturated heterocycles. The number of hydrogen-bond donors (Lipinski definition) is 1. The summed E-state index contributed by atoms with van der Waals surface area (Å²) in [7, 11) is 0. The number of halogens is 9. The van der Waals surface area contributed by atoms with Gasteiger partial charge in [0.1, 0.15) is 11.5 Å². The van der Waals surface area contributed by atoms with Crippen LogP contribution in [0.2, 0.25) is 0 Å². The Morgan fingerprint density at radius 1 is 1.00 bits per heavy atom. The van der Waals surface area contributed by atoms with Crippen LogP contribution in [0.15, 0.2) is 30.6 Å². The van der Waals surface area contributed by atoms with E-state index >= 15 is 0 Å². The summed E-state index contributed by atoms with van der Waals surface area (Å²) in [5.74, 6) is -13.1. The van der Waals surface area contributed by atoms with Gasteiger partial charge in [-0.2, -0.15) is 32.1 Å². The van der Waals surface area contributed by atoms with Crippen molar-refractivity contribution in [1.82, 2.24) is 24.4 Å². The first-order chi connectivity index (χ1) is 16.7. The fourth-order valence-corrected chi connectivity index (χ4v) is 3.20. The number of anilines is 1. The molecule has 36 heavy (non-hydrogen) atoms. The van der Waals surface area contributed by atoms with E-state index in [1.54, 1.807) is 0 Å². The van der Waals surface area contributed by atoms with Crippen LogP contribution in [0.3, 0.4) is 0 Å². The second kappa shape index (κ2) is 8.53. The molecule has 1 aromatic carbocycles. The van der Waals surface area contributed by atoms with Gasteiger partial charge in [-0.15, -0.1) is 0 Å². The molecule has 16 heteroatoms. The van der Waals surface area contributed by atoms with Gasteiger partial charge in [-0.05, 0) is 13.0 Å². The molecule has 0 atom stereocenters. The van der Waals surface area contributed by atoms with Gasteiger partial charge in [-0.3, -0.25) is 9.48 Å². The third-order valence-corrected chi connectivity index (χ3v) is 4.89. The minimum Gasteiger partial charge on any atom is -0.318 e. The summed E-state index contributed by atoms with van der Waals surface area (Å²) < 4.78 is 122. The van der Waals surface area contributed by atoms with Gasteiger partial charge in [0, 0.05) is 29.6 Å². The monoisotopic (exact) mass is 522 g/mol. The Balaban J connectivity index is 1.59. The average molecular weight is 522 g/mol. The van der Waals surface area contributed by atoms with Gasteiger partial charge in [0.15, 0.2) is 28.8 Å². The first kappa shape index (κ1) is 25.0. The lowest BCUT2D eigenvalue weighted by molar-refractivity contribution is -0.291. The third-order valence-electron chi connectivity index (χ3n) is 4.89. The van der Waals surface area contributed by atoms with Crippen molar-refractivity contribution >= 4 is 17.2 Å². The van der Waals surface area contributed by atoms with Crippen molar-refractivity contribution in [2.24, 2.45) is 0 Å². The number of amides is 1. The van der Waals surface area contributed by atoms with Crippen LogP contribution in [0.1, 0.15) is 27.4 Å². The normalized spacial score (nSPS) is 12.4. The lowest BCUT2D eigenvalue weighted by Crippen LogP contribution is -2.36. The molecule has 1 amide bonds. The van der Waals surface area contributed by atoms with Gasteiger partial charge in [0.2, 0.25) is 0 Å². The highest BCUT2D eigenvalue weighted by Crippen LogP contribution is 2.43. The van der Waals surface area contributed by atoms with E-state index in [0.717, 1.165) is 23.1 Å². The number of nitrogens with zero attached hydrogens (tertiary/aromatic N) is 5. The van der Waals surface area contributed by atoms with Crippen LogP contribution in [-0.4, -0.2) is 36.5 Å². The average Bonchev–Trinajstić information content (AvgIpc) is 3.40. The second-order valence-electron chi connectivity index (χ2n) is 7.48. The summed E-state index contributed by atoms with van der Waals surface area (Å²) in [6.07, 6.45) is -3.91. The molecule has 0 spiro atoms. The minimum atomic E-state index is -5.94. The largest absolute Gasteiger partial charge is 0.459 e. The highest BCUT2D eigenvalue weighted by molar-refractivity contribution is 6.03. The van der Waals surface area contributed by atoms with Crippen LogP contribution in [0, 0.1) is 30.2 Å². The highest BCUT2D eigenvalue weighted by Gasteiger charge is 2.60. The Morgan fingerprint density at radius 3 is 2.36 bits per heavy atom. The van der Waals surface area contributed by atoms with E-state index in [2.05, 4.69) is 20.5 Å². The summed E-state index contributed by atoms with van der Waals surface area (Å²) in [5.41, 5.74) is -3.75. The molecule has 0 bridgehead atoms. The standard InChI is InChI=1S/C20H11F9N6O/c1-8-2-14(19(25,26)20(27,28)29)35-15(31-8)4-13(33-35)18(36)32-9-5-30-34(6-9)7-10-11(21)3-12(22)17(24)16(10)23/h2-6H,7H2,1H3,(H,32,36). The van der Waals surface area contributed by atoms with Gasteiger partial charge in [0.05, 0.1) is 18.4 Å². The van der Waals surface area contributed by atoms with Crippen molar-refractivity contribution in [3.8, 4) is 0 Å². The second-order valence-corrected chi connectivity index (χ2v) is 7.48. The molecule has 3 heterocycles. The predicted molar refractivity (Wildman–Crippen MR) is 103 cm³/mol. The molecule has 3 aromatic heterocycles. The fourth-order valence-electron chi connectivity index (χ4n) is 3.20. The summed E-state index contributed by atoms with van der Waals surface area (Å²) in [4.78, 5) is 16.3. The van der Waals surface area contributed by atoms with Gasteiger partial charge >= 0.3 is 12.1 Å². The van der Waals surface area contributed by atoms with Crippen molar-refractivity contribution in [3.63, 3.8) is 0 Å². The lowest BCUT2D eigenvalue weighted by Gasteiger charge is -2.20. The third kappa shape index (κ3) is 4.33. The molecule has 0 saturated carbocycles. The van der Waals surface area contributed by atoms with Crippen LogP contribution in [0.5, 0.6) is 0 Å². The maximum Gasteiger partial charge on any atom is 0.459 e. The van der Waals surface area contributed by atoms with Crippen LogP contribution in [-0.2, 0) is 12.5 Å². The minimum absolute atomic E-state index is 0.106. The van der Waals surface area contributed by atoms with E-state index in [-0.39, 0.29) is 22.0 Å². The number of benzene rings is 1. The maximum atomic E-state index is 14.0. The van der Waals surface area contributed by atoms with E-state index < -0.39 is 70.4 Å². The zero-order chi connectivity index (χ0) is 26.6. The van der Waals surface area contributed by atoms with Crippen LogP contribution >= 0.6 is 0 Å². The molecule has 0 fully saturated rings. The molecule has 190 valence electrons. The zero-order valence-corrected chi connectivity index (χ0v) is 17.6. The number of alkyl halides is 5. The summed E-state index contributed by atoms with van der Waals surface area (Å²) >= 11 is 0. The molecular weight excluding hydrogens is 511 g/mol. The molecule has 0 aliphatic carbocycles. The Bertz CT molecular complexity index is 1490. The Labute approximate surface area is 194 Å². The van der Waals surface area contributed by atoms with Crippen molar-refractivity contribution in [2.45, 2.75) is 25.6 Å². The van der Waals surface area contributed by atoms with E-state index in [0.29, 0.717) is 6.07 Å². The maximum absolute atomic E-state index is 14.0. The molecule has 0 unspecified atom stereocenters. The van der Waals surface area contributed by atoms with E-state index in [1.165, 1.54) is 6.92 Å². The molecule has 0 aliphatic heterocycles. The number of hydrogen-bond acceptors (Lipinski definition) is 4. The first-order valence-electron chi connectivity index (χ1n) is 9.67. The molecular formula is C20H11F9N6O. The molecule has 7 nitrogen and oxygen atoms in total. The Morgan fingerprint density at radius 2 is 1.69 bits per heavy atom. The lowest BCUT2D eigenvalue weighted by atomic mass is 10.2. The first-order valence-corrected chi connectivity index (χ1v) is 9.67. The predicted octanol–water partition coefficient (Wildman–Crippen LogP) is 4.75. The van der Waals surface area contributed by atoms with Crippen LogP contribution in [0.4, 0.5) is 45.2 Å². The zero-order valence-electron chi connectivity index (χ0n) is 17.6. The van der Waals surface area contributed by atoms with Crippen molar-refractivity contribution in [3.05, 3.63) is 76.5 Å². The van der Waals surface area contributed by atoms with E-state index in [1.807, 2.05) is 0 Å². The number of rotatable bonds is 5. The van der Waals surface area contributed by atoms with E-state index in [4.69, 9.17) is 0 Å². The van der Waals surface area contributed by atoms with Crippen LogP contribution in [0.25, 0.3) is 5.65 Å². The molecule has 1 N–H and O–H groups in total. The number of aromatic nitrogens is 5. The van der Waals surface area contributed by atoms with Gasteiger partial charge in [-0.1, -0.05) is 0 Å². The SMILES string of the molecule is Cc1cc(C(F)(F)C(F)(F)F)n2nc(C(=O)Nc3cnn(Cc4c(F)cc(F)c(F)c4F)c3)cc2n1. The Kier molecular flexibility index (Phi) is 5.92. The molecule has 0 aliphatic rings. The number of carbonyl (C=O) groups is 1. The van der Waals surface area contributed by atoms with Gasteiger partial charge in [-0.25, -0.2) is 27.1 Å². The summed E-state index contributed by atoms with van der Waals surface area (Å²) in [6, 6.07) is 1.50. The van der Waals surface area contributed by atoms with Crippen molar-refractivity contribution < 1.29 is 44.3 Å². The van der Waals surface area contributed by atoms with E-state index in [9.17, 15) is 44.3 Å². The van der Waals surface area contributed by atoms with Crippen molar-refractivity contribution in [1.29, 1.82) is 0 Å². The summed E-state index contributed by atoms with van der Waals surface area (Å²) in [5, 5.41) is 9.44. The van der Waals surface area contributed by atoms with Crippen LogP contribution < -0.4 is 5.32 Å². The Hall–Kier alpha value is -4.11. The van der Waals surface area contributed by atoms with Crippen molar-refractivity contribution in [2.75, 3.05) is 5.32 Å². The molecule has 4 aromatic rings. The quantitative estimate of drug-likeness (QED) is 0.233. The fraction of sp³-hybridized carbons (Fsp3) is 0.200. The molecule has 0 radical (unpaired) electrons.